The molecule has 3 nitrogen and oxygen atoms in total. The summed E-state index contributed by atoms with van der Waals surface area (Å²) >= 11 is 0. The first-order valence-corrected chi connectivity index (χ1v) is 8.87. The number of sulfone groups is 1. The third-order valence-electron chi connectivity index (χ3n) is 4.00. The number of ether oxygens (including phenoxy) is 1. The van der Waals surface area contributed by atoms with Gasteiger partial charge in [-0.05, 0) is 24.3 Å². The Balaban J connectivity index is 1.99. The molecule has 1 aliphatic rings. The summed E-state index contributed by atoms with van der Waals surface area (Å²) in [4.78, 5) is 0.316. The number of hydrogen-bond acceptors (Lipinski definition) is 3. The quantitative estimate of drug-likeness (QED) is 0.704. The number of para-hydroxylation sites is 2. The van der Waals surface area contributed by atoms with Crippen LogP contribution in [0.5, 0.6) is 11.5 Å². The van der Waals surface area contributed by atoms with Crippen molar-refractivity contribution in [3.63, 3.8) is 0 Å². The average molecular weight is 322 g/mol. The first kappa shape index (κ1) is 14.0. The van der Waals surface area contributed by atoms with Gasteiger partial charge >= 0.3 is 0 Å². The number of fused-ring (bicyclic) bond motifs is 2. The summed E-state index contributed by atoms with van der Waals surface area (Å²) in [7, 11) is -3.57. The third kappa shape index (κ3) is 2.23. The number of hydrogen-bond donors (Lipinski definition) is 0. The Hall–Kier alpha value is -2.59. The van der Waals surface area contributed by atoms with Gasteiger partial charge in [0.25, 0.3) is 0 Å². The Labute approximate surface area is 135 Å². The molecule has 0 saturated carbocycles. The minimum atomic E-state index is -3.57. The van der Waals surface area contributed by atoms with Crippen molar-refractivity contribution < 1.29 is 13.2 Å². The zero-order valence-electron chi connectivity index (χ0n) is 12.2. The molecule has 0 unspecified atom stereocenters. The molecule has 0 N–H and O–H groups in total. The molecule has 0 amide bonds. The van der Waals surface area contributed by atoms with Gasteiger partial charge in [-0.3, -0.25) is 0 Å². The number of benzene rings is 3. The zero-order valence-corrected chi connectivity index (χ0v) is 13.0. The Kier molecular flexibility index (Phi) is 3.20. The maximum absolute atomic E-state index is 13.3. The molecule has 0 saturated heterocycles. The predicted octanol–water partition coefficient (Wildman–Crippen LogP) is 4.36. The van der Waals surface area contributed by atoms with Crippen LogP contribution in [-0.4, -0.2) is 8.42 Å². The lowest BCUT2D eigenvalue weighted by Crippen LogP contribution is -2.19. The second-order valence-electron chi connectivity index (χ2n) is 5.42. The van der Waals surface area contributed by atoms with E-state index < -0.39 is 15.1 Å². The fourth-order valence-corrected chi connectivity index (χ4v) is 4.81. The maximum Gasteiger partial charge on any atom is 0.189 e. The van der Waals surface area contributed by atoms with E-state index in [9.17, 15) is 8.42 Å². The summed E-state index contributed by atoms with van der Waals surface area (Å²) in [6.07, 6.45) is 0. The first-order chi connectivity index (χ1) is 11.2. The van der Waals surface area contributed by atoms with Gasteiger partial charge in [0, 0.05) is 11.1 Å². The van der Waals surface area contributed by atoms with Crippen LogP contribution in [0.25, 0.3) is 0 Å². The Morgan fingerprint density at radius 1 is 0.652 bits per heavy atom. The molecule has 4 heteroatoms. The van der Waals surface area contributed by atoms with E-state index in [1.54, 1.807) is 36.4 Å². The molecule has 114 valence electrons. The van der Waals surface area contributed by atoms with Crippen molar-refractivity contribution in [3.05, 3.63) is 90.0 Å². The van der Waals surface area contributed by atoms with E-state index in [0.717, 1.165) is 0 Å². The molecule has 3 aromatic rings. The summed E-state index contributed by atoms with van der Waals surface area (Å²) in [5.74, 6) is 1.19. The standard InChI is InChI=1S/C19H14O3S/c20-23(21,14-8-2-1-3-9-14)19-15-10-4-6-12-17(15)22-18-13-7-5-11-16(18)19/h1-13,19H. The maximum atomic E-state index is 13.3. The molecule has 0 spiro atoms. The van der Waals surface area contributed by atoms with Crippen LogP contribution >= 0.6 is 0 Å². The smallest absolute Gasteiger partial charge is 0.189 e. The molecule has 23 heavy (non-hydrogen) atoms. The van der Waals surface area contributed by atoms with Gasteiger partial charge in [-0.2, -0.15) is 0 Å². The normalized spacial score (nSPS) is 13.7. The summed E-state index contributed by atoms with van der Waals surface area (Å²) in [5.41, 5.74) is 1.35. The average Bonchev–Trinajstić information content (AvgIpc) is 2.60. The molecule has 3 aromatic carbocycles. The predicted molar refractivity (Wildman–Crippen MR) is 88.4 cm³/mol. The van der Waals surface area contributed by atoms with Gasteiger partial charge in [-0.1, -0.05) is 54.6 Å². The molecule has 0 aliphatic carbocycles. The summed E-state index contributed by atoms with van der Waals surface area (Å²) in [6.45, 7) is 0. The van der Waals surface area contributed by atoms with Crippen LogP contribution < -0.4 is 4.74 Å². The highest BCUT2D eigenvalue weighted by Crippen LogP contribution is 2.48. The highest BCUT2D eigenvalue weighted by atomic mass is 32.2. The van der Waals surface area contributed by atoms with Crippen LogP contribution in [0.1, 0.15) is 16.4 Å². The van der Waals surface area contributed by atoms with Crippen molar-refractivity contribution >= 4 is 9.84 Å². The van der Waals surface area contributed by atoms with Crippen LogP contribution in [0.3, 0.4) is 0 Å². The lowest BCUT2D eigenvalue weighted by Gasteiger charge is -2.28. The minimum Gasteiger partial charge on any atom is -0.457 e. The second kappa shape index (κ2) is 5.25. The molecule has 1 aliphatic heterocycles. The van der Waals surface area contributed by atoms with E-state index in [0.29, 0.717) is 27.5 Å². The molecule has 4 rings (SSSR count). The summed E-state index contributed by atoms with van der Waals surface area (Å²) < 4.78 is 32.4. The zero-order chi connectivity index (χ0) is 15.9. The fourth-order valence-electron chi connectivity index (χ4n) is 2.95. The van der Waals surface area contributed by atoms with Crippen LogP contribution in [0, 0.1) is 0 Å². The van der Waals surface area contributed by atoms with Crippen LogP contribution in [-0.2, 0) is 9.84 Å². The van der Waals surface area contributed by atoms with Gasteiger partial charge < -0.3 is 4.74 Å². The third-order valence-corrected chi connectivity index (χ3v) is 6.06. The summed E-state index contributed by atoms with van der Waals surface area (Å²) in [6, 6.07) is 23.2. The van der Waals surface area contributed by atoms with Gasteiger partial charge in [-0.15, -0.1) is 0 Å². The largest absolute Gasteiger partial charge is 0.457 e. The van der Waals surface area contributed by atoms with E-state index in [2.05, 4.69) is 0 Å². The van der Waals surface area contributed by atoms with Crippen molar-refractivity contribution in [1.82, 2.24) is 0 Å². The highest BCUT2D eigenvalue weighted by Gasteiger charge is 2.37. The van der Waals surface area contributed by atoms with Gasteiger partial charge in [0.05, 0.1) is 4.90 Å². The van der Waals surface area contributed by atoms with Crippen molar-refractivity contribution in [2.75, 3.05) is 0 Å². The van der Waals surface area contributed by atoms with Crippen molar-refractivity contribution in [2.24, 2.45) is 0 Å². The fraction of sp³-hybridized carbons (Fsp3) is 0.0526. The van der Waals surface area contributed by atoms with Gasteiger partial charge in [0.2, 0.25) is 0 Å². The van der Waals surface area contributed by atoms with Crippen LogP contribution in [0.4, 0.5) is 0 Å². The van der Waals surface area contributed by atoms with Crippen LogP contribution in [0.15, 0.2) is 83.8 Å². The SMILES string of the molecule is O=S(=O)(c1ccccc1)C1c2ccccc2Oc2ccccc21. The van der Waals surface area contributed by atoms with E-state index in [1.165, 1.54) is 0 Å². The van der Waals surface area contributed by atoms with Gasteiger partial charge in [-0.25, -0.2) is 8.42 Å². The van der Waals surface area contributed by atoms with Gasteiger partial charge in [0.15, 0.2) is 9.84 Å². The Bertz CT molecular complexity index is 917. The van der Waals surface area contributed by atoms with Gasteiger partial charge in [0.1, 0.15) is 16.7 Å². The monoisotopic (exact) mass is 322 g/mol. The topological polar surface area (TPSA) is 43.4 Å². The molecule has 0 radical (unpaired) electrons. The van der Waals surface area contributed by atoms with E-state index in [1.807, 2.05) is 42.5 Å². The van der Waals surface area contributed by atoms with E-state index in [4.69, 9.17) is 4.74 Å². The minimum absolute atomic E-state index is 0.316. The molecular weight excluding hydrogens is 308 g/mol. The Morgan fingerprint density at radius 3 is 1.70 bits per heavy atom. The molecular formula is C19H14O3S. The molecule has 1 heterocycles. The lowest BCUT2D eigenvalue weighted by molar-refractivity contribution is 0.455. The number of rotatable bonds is 2. The highest BCUT2D eigenvalue weighted by molar-refractivity contribution is 7.92. The van der Waals surface area contributed by atoms with E-state index >= 15 is 0 Å². The van der Waals surface area contributed by atoms with Crippen molar-refractivity contribution in [1.29, 1.82) is 0 Å². The molecule has 0 aromatic heterocycles. The molecule has 0 atom stereocenters. The molecule has 0 fully saturated rings. The lowest BCUT2D eigenvalue weighted by atomic mass is 10.00. The van der Waals surface area contributed by atoms with E-state index in [-0.39, 0.29) is 0 Å². The Morgan fingerprint density at radius 2 is 1.13 bits per heavy atom. The first-order valence-electron chi connectivity index (χ1n) is 7.32. The van der Waals surface area contributed by atoms with Crippen molar-refractivity contribution in [2.45, 2.75) is 10.1 Å². The van der Waals surface area contributed by atoms with Crippen LogP contribution in [0.2, 0.25) is 0 Å². The molecule has 0 bridgehead atoms. The second-order valence-corrected chi connectivity index (χ2v) is 7.45. The summed E-state index contributed by atoms with van der Waals surface area (Å²) in [5, 5.41) is -0.758. The van der Waals surface area contributed by atoms with Crippen molar-refractivity contribution in [3.8, 4) is 11.5 Å².